The van der Waals surface area contributed by atoms with Crippen LogP contribution in [-0.2, 0) is 14.3 Å². The molecule has 0 bridgehead atoms. The molecule has 0 spiro atoms. The minimum atomic E-state index is -0.820. The molecule has 0 aromatic rings. The fourth-order valence-electron chi connectivity index (χ4n) is 1.81. The monoisotopic (exact) mass is 213 g/mol. The molecule has 0 saturated heterocycles. The van der Waals surface area contributed by atoms with Gasteiger partial charge in [-0.05, 0) is 24.2 Å². The van der Waals surface area contributed by atoms with Gasteiger partial charge in [-0.1, -0.05) is 20.3 Å². The maximum atomic E-state index is 11.2. The van der Waals surface area contributed by atoms with Crippen molar-refractivity contribution >= 4 is 11.9 Å². The minimum absolute atomic E-state index is 0.0714. The van der Waals surface area contributed by atoms with Crippen molar-refractivity contribution in [2.75, 3.05) is 13.7 Å². The van der Waals surface area contributed by atoms with E-state index in [1.54, 1.807) is 0 Å². The molecule has 1 N–H and O–H groups in total. The minimum Gasteiger partial charge on any atom is -0.462 e. The second kappa shape index (κ2) is 4.64. The van der Waals surface area contributed by atoms with Gasteiger partial charge in [0.05, 0.1) is 7.11 Å². The van der Waals surface area contributed by atoms with E-state index in [0.717, 1.165) is 0 Å². The van der Waals surface area contributed by atoms with Crippen molar-refractivity contribution in [3.05, 3.63) is 0 Å². The van der Waals surface area contributed by atoms with Crippen molar-refractivity contribution in [3.8, 4) is 0 Å². The molecule has 1 saturated carbocycles. The number of carbonyl (C=O) groups is 2. The molecule has 0 unspecified atom stereocenters. The molecule has 1 aliphatic carbocycles. The third-order valence-corrected chi connectivity index (χ3v) is 3.29. The first kappa shape index (κ1) is 12.0. The summed E-state index contributed by atoms with van der Waals surface area (Å²) in [5.74, 6) is -0.806. The fourth-order valence-corrected chi connectivity index (χ4v) is 1.81. The van der Waals surface area contributed by atoms with Crippen LogP contribution in [0.3, 0.4) is 0 Å². The Morgan fingerprint density at radius 3 is 2.40 bits per heavy atom. The van der Waals surface area contributed by atoms with Gasteiger partial charge < -0.3 is 10.1 Å². The zero-order chi connectivity index (χ0) is 11.5. The topological polar surface area (TPSA) is 55.4 Å². The molecule has 1 amide bonds. The Bertz CT molecular complexity index is 257. The lowest BCUT2D eigenvalue weighted by Gasteiger charge is -2.40. The van der Waals surface area contributed by atoms with Crippen molar-refractivity contribution in [2.24, 2.45) is 11.3 Å². The van der Waals surface area contributed by atoms with Gasteiger partial charge in [-0.3, -0.25) is 4.79 Å². The molecular formula is C11H19NO3. The number of hydrogen-bond donors (Lipinski definition) is 1. The maximum absolute atomic E-state index is 11.2. The van der Waals surface area contributed by atoms with Crippen molar-refractivity contribution in [1.82, 2.24) is 5.32 Å². The van der Waals surface area contributed by atoms with E-state index in [1.807, 2.05) is 0 Å². The highest BCUT2D eigenvalue weighted by Crippen LogP contribution is 2.41. The van der Waals surface area contributed by atoms with Gasteiger partial charge in [-0.2, -0.15) is 0 Å². The lowest BCUT2D eigenvalue weighted by Crippen LogP contribution is -2.43. The van der Waals surface area contributed by atoms with E-state index in [-0.39, 0.29) is 5.41 Å². The zero-order valence-electron chi connectivity index (χ0n) is 9.63. The van der Waals surface area contributed by atoms with Crippen molar-refractivity contribution < 1.29 is 14.3 Å². The Kier molecular flexibility index (Phi) is 3.72. The SMILES string of the molecule is COC(=O)C(=O)NCC(C)(C)C1CCC1. The van der Waals surface area contributed by atoms with E-state index in [0.29, 0.717) is 12.5 Å². The van der Waals surface area contributed by atoms with Crippen LogP contribution in [0.15, 0.2) is 0 Å². The van der Waals surface area contributed by atoms with E-state index < -0.39 is 11.9 Å². The summed E-state index contributed by atoms with van der Waals surface area (Å²) in [5, 5.41) is 2.61. The van der Waals surface area contributed by atoms with Gasteiger partial charge in [0.25, 0.3) is 0 Å². The highest BCUT2D eigenvalue weighted by molar-refractivity contribution is 6.32. The number of amides is 1. The molecule has 15 heavy (non-hydrogen) atoms. The van der Waals surface area contributed by atoms with Gasteiger partial charge in [-0.25, -0.2) is 4.79 Å². The molecule has 0 aromatic carbocycles. The largest absolute Gasteiger partial charge is 0.462 e. The number of nitrogens with one attached hydrogen (secondary N) is 1. The molecule has 4 heteroatoms. The van der Waals surface area contributed by atoms with E-state index in [9.17, 15) is 9.59 Å². The van der Waals surface area contributed by atoms with Gasteiger partial charge in [0, 0.05) is 6.54 Å². The van der Waals surface area contributed by atoms with Crippen LogP contribution in [0.1, 0.15) is 33.1 Å². The highest BCUT2D eigenvalue weighted by Gasteiger charge is 2.34. The van der Waals surface area contributed by atoms with Crippen LogP contribution in [0.25, 0.3) is 0 Å². The smallest absolute Gasteiger partial charge is 0.396 e. The molecule has 1 aliphatic rings. The molecule has 0 atom stereocenters. The van der Waals surface area contributed by atoms with Crippen LogP contribution >= 0.6 is 0 Å². The van der Waals surface area contributed by atoms with Crippen LogP contribution in [-0.4, -0.2) is 25.5 Å². The van der Waals surface area contributed by atoms with Crippen molar-refractivity contribution in [2.45, 2.75) is 33.1 Å². The summed E-state index contributed by atoms with van der Waals surface area (Å²) in [6.07, 6.45) is 3.72. The molecule has 0 radical (unpaired) electrons. The standard InChI is InChI=1S/C11H19NO3/c1-11(2,8-5-4-6-8)7-12-9(13)10(14)15-3/h8H,4-7H2,1-3H3,(H,12,13). The quantitative estimate of drug-likeness (QED) is 0.564. The number of methoxy groups -OCH3 is 1. The van der Waals surface area contributed by atoms with Gasteiger partial charge in [0.2, 0.25) is 0 Å². The number of hydrogen-bond acceptors (Lipinski definition) is 3. The highest BCUT2D eigenvalue weighted by atomic mass is 16.5. The summed E-state index contributed by atoms with van der Waals surface area (Å²) in [6.45, 7) is 4.77. The average Bonchev–Trinajstić information content (AvgIpc) is 2.09. The average molecular weight is 213 g/mol. The van der Waals surface area contributed by atoms with Crippen LogP contribution in [0.4, 0.5) is 0 Å². The first-order valence-electron chi connectivity index (χ1n) is 5.33. The van der Waals surface area contributed by atoms with Gasteiger partial charge in [-0.15, -0.1) is 0 Å². The lowest BCUT2D eigenvalue weighted by atomic mass is 9.67. The van der Waals surface area contributed by atoms with E-state index >= 15 is 0 Å². The number of esters is 1. The zero-order valence-corrected chi connectivity index (χ0v) is 9.63. The Morgan fingerprint density at radius 1 is 1.40 bits per heavy atom. The Balaban J connectivity index is 2.35. The number of rotatable bonds is 3. The Hall–Kier alpha value is -1.06. The normalized spacial score (nSPS) is 16.7. The second-order valence-electron chi connectivity index (χ2n) is 4.79. The molecule has 4 nitrogen and oxygen atoms in total. The summed E-state index contributed by atoms with van der Waals surface area (Å²) in [6, 6.07) is 0. The molecule has 0 heterocycles. The summed E-state index contributed by atoms with van der Waals surface area (Å²) in [4.78, 5) is 22.0. The van der Waals surface area contributed by atoms with Crippen LogP contribution < -0.4 is 5.32 Å². The summed E-state index contributed by atoms with van der Waals surface area (Å²) in [7, 11) is 1.21. The van der Waals surface area contributed by atoms with Crippen LogP contribution in [0.5, 0.6) is 0 Å². The van der Waals surface area contributed by atoms with Gasteiger partial charge in [0.1, 0.15) is 0 Å². The van der Waals surface area contributed by atoms with E-state index in [1.165, 1.54) is 26.4 Å². The van der Waals surface area contributed by atoms with Crippen molar-refractivity contribution in [1.29, 1.82) is 0 Å². The second-order valence-corrected chi connectivity index (χ2v) is 4.79. The molecule has 1 fully saturated rings. The Labute approximate surface area is 90.4 Å². The first-order valence-corrected chi connectivity index (χ1v) is 5.33. The molecular weight excluding hydrogens is 194 g/mol. The number of ether oxygens (including phenoxy) is 1. The van der Waals surface area contributed by atoms with Crippen LogP contribution in [0.2, 0.25) is 0 Å². The Morgan fingerprint density at radius 2 is 2.00 bits per heavy atom. The van der Waals surface area contributed by atoms with E-state index in [4.69, 9.17) is 0 Å². The molecule has 1 rings (SSSR count). The van der Waals surface area contributed by atoms with E-state index in [2.05, 4.69) is 23.9 Å². The predicted octanol–water partition coefficient (Wildman–Crippen LogP) is 1.10. The summed E-state index contributed by atoms with van der Waals surface area (Å²) in [5.41, 5.74) is 0.0714. The number of carbonyl (C=O) groups excluding carboxylic acids is 2. The van der Waals surface area contributed by atoms with Crippen molar-refractivity contribution in [3.63, 3.8) is 0 Å². The van der Waals surface area contributed by atoms with Gasteiger partial charge >= 0.3 is 11.9 Å². The fraction of sp³-hybridized carbons (Fsp3) is 0.818. The van der Waals surface area contributed by atoms with Gasteiger partial charge in [0.15, 0.2) is 0 Å². The first-order chi connectivity index (χ1) is 6.97. The molecule has 0 aliphatic heterocycles. The third kappa shape index (κ3) is 2.94. The maximum Gasteiger partial charge on any atom is 0.396 e. The predicted molar refractivity (Wildman–Crippen MR) is 56.1 cm³/mol. The summed E-state index contributed by atoms with van der Waals surface area (Å²) < 4.78 is 4.33. The van der Waals surface area contributed by atoms with Crippen LogP contribution in [0, 0.1) is 11.3 Å². The molecule has 86 valence electrons. The third-order valence-electron chi connectivity index (χ3n) is 3.29. The lowest BCUT2D eigenvalue weighted by molar-refractivity contribution is -0.153. The summed E-state index contributed by atoms with van der Waals surface area (Å²) >= 11 is 0. The molecule has 0 aromatic heterocycles.